The number of rotatable bonds is 10. The molecule has 3 atom stereocenters. The Morgan fingerprint density at radius 3 is 1.73 bits per heavy atom. The highest BCUT2D eigenvalue weighted by Crippen LogP contribution is 2.35. The average Bonchev–Trinajstić information content (AvgIpc) is 2.86. The SMILES string of the molecule is ClC1=C(I)O[C@H](COCc2ccccc2)[C@@H](OCc2ccccc2)[C@@H]1OCc1ccccc1. The standard InChI is InChI=1S/C27H26ClIO4/c28-24-26(32-18-22-14-8-3-9-15-22)25(31-17-21-12-6-2-7-13-21)23(33-27(24)29)19-30-16-20-10-4-1-5-11-20/h1-15,23,25-26H,16-19H2/t23-,25-,26-/m1/s1. The van der Waals surface area contributed by atoms with E-state index in [-0.39, 0.29) is 6.10 Å². The molecule has 0 N–H and O–H groups in total. The molecule has 0 amide bonds. The lowest BCUT2D eigenvalue weighted by Gasteiger charge is -2.37. The Morgan fingerprint density at radius 1 is 0.697 bits per heavy atom. The third-order valence-electron chi connectivity index (χ3n) is 5.31. The molecule has 0 fully saturated rings. The molecular formula is C27H26ClIO4. The van der Waals surface area contributed by atoms with Crippen LogP contribution in [0, 0.1) is 0 Å². The lowest BCUT2D eigenvalue weighted by molar-refractivity contribution is -0.150. The molecular weight excluding hydrogens is 551 g/mol. The third kappa shape index (κ3) is 7.04. The van der Waals surface area contributed by atoms with Gasteiger partial charge < -0.3 is 18.9 Å². The molecule has 3 aromatic rings. The van der Waals surface area contributed by atoms with Gasteiger partial charge in [0.1, 0.15) is 12.2 Å². The van der Waals surface area contributed by atoms with Crippen LogP contribution in [0.1, 0.15) is 16.7 Å². The summed E-state index contributed by atoms with van der Waals surface area (Å²) >= 11 is 8.79. The van der Waals surface area contributed by atoms with Gasteiger partial charge in [0.25, 0.3) is 0 Å². The van der Waals surface area contributed by atoms with Crippen LogP contribution in [0.3, 0.4) is 0 Å². The van der Waals surface area contributed by atoms with Gasteiger partial charge in [-0.2, -0.15) is 0 Å². The number of ether oxygens (including phenoxy) is 4. The van der Waals surface area contributed by atoms with E-state index >= 15 is 0 Å². The molecule has 0 saturated carbocycles. The zero-order valence-electron chi connectivity index (χ0n) is 18.1. The second-order valence-electron chi connectivity index (χ2n) is 7.76. The zero-order chi connectivity index (χ0) is 22.9. The van der Waals surface area contributed by atoms with Crippen LogP contribution in [0.2, 0.25) is 0 Å². The predicted molar refractivity (Wildman–Crippen MR) is 138 cm³/mol. The Bertz CT molecular complexity index is 1010. The van der Waals surface area contributed by atoms with Crippen molar-refractivity contribution >= 4 is 34.2 Å². The highest BCUT2D eigenvalue weighted by Gasteiger charge is 2.41. The van der Waals surface area contributed by atoms with E-state index in [9.17, 15) is 0 Å². The van der Waals surface area contributed by atoms with Crippen molar-refractivity contribution < 1.29 is 18.9 Å². The summed E-state index contributed by atoms with van der Waals surface area (Å²) in [6, 6.07) is 30.1. The molecule has 0 aromatic heterocycles. The quantitative estimate of drug-likeness (QED) is 0.254. The molecule has 4 nitrogen and oxygen atoms in total. The van der Waals surface area contributed by atoms with Crippen molar-refractivity contribution in [3.8, 4) is 0 Å². The lowest BCUT2D eigenvalue weighted by atomic mass is 10.1. The third-order valence-corrected chi connectivity index (χ3v) is 6.85. The summed E-state index contributed by atoms with van der Waals surface area (Å²) in [5.74, 6) is 0. The van der Waals surface area contributed by atoms with Gasteiger partial charge in [0.05, 0.1) is 31.5 Å². The van der Waals surface area contributed by atoms with Gasteiger partial charge in [-0.1, -0.05) is 103 Å². The van der Waals surface area contributed by atoms with Crippen molar-refractivity contribution in [2.24, 2.45) is 0 Å². The van der Waals surface area contributed by atoms with E-state index in [1.54, 1.807) is 0 Å². The van der Waals surface area contributed by atoms with Crippen LogP contribution in [0.15, 0.2) is 99.8 Å². The summed E-state index contributed by atoms with van der Waals surface area (Å²) in [5, 5.41) is 0.518. The van der Waals surface area contributed by atoms with E-state index < -0.39 is 12.2 Å². The topological polar surface area (TPSA) is 36.9 Å². The minimum Gasteiger partial charge on any atom is -0.478 e. The summed E-state index contributed by atoms with van der Waals surface area (Å²) in [6.07, 6.45) is -1.23. The van der Waals surface area contributed by atoms with E-state index in [4.69, 9.17) is 30.5 Å². The van der Waals surface area contributed by atoms with Crippen molar-refractivity contribution in [1.29, 1.82) is 0 Å². The Labute approximate surface area is 213 Å². The second-order valence-corrected chi connectivity index (χ2v) is 9.14. The van der Waals surface area contributed by atoms with Crippen molar-refractivity contribution in [2.45, 2.75) is 38.1 Å². The molecule has 1 aliphatic rings. The highest BCUT2D eigenvalue weighted by atomic mass is 127. The first-order chi connectivity index (χ1) is 16.2. The van der Waals surface area contributed by atoms with Crippen LogP contribution in [0.4, 0.5) is 0 Å². The summed E-state index contributed by atoms with van der Waals surface area (Å²) in [5.41, 5.74) is 3.25. The Balaban J connectivity index is 1.48. The first kappa shape index (κ1) is 24.2. The van der Waals surface area contributed by atoms with Gasteiger partial charge in [0, 0.05) is 22.6 Å². The van der Waals surface area contributed by atoms with Crippen LogP contribution in [0.5, 0.6) is 0 Å². The number of halogens is 2. The normalized spacial score (nSPS) is 20.5. The van der Waals surface area contributed by atoms with E-state index in [0.717, 1.165) is 16.7 Å². The van der Waals surface area contributed by atoms with E-state index in [0.29, 0.717) is 35.2 Å². The Kier molecular flexibility index (Phi) is 9.20. The molecule has 1 aliphatic heterocycles. The zero-order valence-corrected chi connectivity index (χ0v) is 21.0. The van der Waals surface area contributed by atoms with E-state index in [1.165, 1.54) is 0 Å². The number of hydrogen-bond donors (Lipinski definition) is 0. The molecule has 4 rings (SSSR count). The molecule has 0 radical (unpaired) electrons. The molecule has 3 aromatic carbocycles. The summed E-state index contributed by atoms with van der Waals surface area (Å²) in [4.78, 5) is 0. The summed E-state index contributed by atoms with van der Waals surface area (Å²) < 4.78 is 25.4. The predicted octanol–water partition coefficient (Wildman–Crippen LogP) is 6.62. The van der Waals surface area contributed by atoms with Crippen molar-refractivity contribution in [3.05, 3.63) is 116 Å². The minimum absolute atomic E-state index is 0.354. The molecule has 6 heteroatoms. The molecule has 1 heterocycles. The number of benzene rings is 3. The molecule has 0 spiro atoms. The van der Waals surface area contributed by atoms with E-state index in [1.807, 2.05) is 91.0 Å². The Hall–Kier alpha value is -1.90. The van der Waals surface area contributed by atoms with Crippen LogP contribution in [-0.4, -0.2) is 24.9 Å². The number of hydrogen-bond acceptors (Lipinski definition) is 4. The first-order valence-corrected chi connectivity index (χ1v) is 12.3. The van der Waals surface area contributed by atoms with Gasteiger partial charge in [-0.05, 0) is 16.7 Å². The maximum atomic E-state index is 6.67. The molecule has 33 heavy (non-hydrogen) atoms. The van der Waals surface area contributed by atoms with Crippen molar-refractivity contribution in [2.75, 3.05) is 6.61 Å². The van der Waals surface area contributed by atoms with Crippen LogP contribution in [0.25, 0.3) is 0 Å². The molecule has 0 unspecified atom stereocenters. The maximum absolute atomic E-state index is 6.67. The molecule has 172 valence electrons. The van der Waals surface area contributed by atoms with E-state index in [2.05, 4.69) is 22.6 Å². The second kappa shape index (κ2) is 12.5. The fourth-order valence-electron chi connectivity index (χ4n) is 3.59. The summed E-state index contributed by atoms with van der Waals surface area (Å²) in [6.45, 7) is 1.70. The smallest absolute Gasteiger partial charge is 0.174 e. The van der Waals surface area contributed by atoms with Gasteiger partial charge in [-0.15, -0.1) is 0 Å². The minimum atomic E-state index is -0.457. The van der Waals surface area contributed by atoms with Gasteiger partial charge in [-0.25, -0.2) is 0 Å². The highest BCUT2D eigenvalue weighted by molar-refractivity contribution is 14.1. The van der Waals surface area contributed by atoms with Gasteiger partial charge >= 0.3 is 0 Å². The van der Waals surface area contributed by atoms with Gasteiger partial charge in [0.2, 0.25) is 0 Å². The molecule has 0 saturated heterocycles. The van der Waals surface area contributed by atoms with Crippen molar-refractivity contribution in [3.63, 3.8) is 0 Å². The monoisotopic (exact) mass is 576 g/mol. The fraction of sp³-hybridized carbons (Fsp3) is 0.259. The first-order valence-electron chi connectivity index (χ1n) is 10.9. The molecule has 0 aliphatic carbocycles. The summed E-state index contributed by atoms with van der Waals surface area (Å²) in [7, 11) is 0. The van der Waals surface area contributed by atoms with Crippen LogP contribution >= 0.6 is 34.2 Å². The largest absolute Gasteiger partial charge is 0.478 e. The fourth-order valence-corrected chi connectivity index (χ4v) is 4.46. The Morgan fingerprint density at radius 2 is 1.18 bits per heavy atom. The maximum Gasteiger partial charge on any atom is 0.174 e. The van der Waals surface area contributed by atoms with Crippen LogP contribution < -0.4 is 0 Å². The van der Waals surface area contributed by atoms with Gasteiger partial charge in [0.15, 0.2) is 9.87 Å². The molecule has 0 bridgehead atoms. The van der Waals surface area contributed by atoms with Gasteiger partial charge in [-0.3, -0.25) is 0 Å². The average molecular weight is 577 g/mol. The lowest BCUT2D eigenvalue weighted by Crippen LogP contribution is -2.48. The van der Waals surface area contributed by atoms with Crippen molar-refractivity contribution in [1.82, 2.24) is 0 Å². The van der Waals surface area contributed by atoms with Crippen LogP contribution in [-0.2, 0) is 38.8 Å².